The Kier molecular flexibility index (Phi) is 6.70. The molecule has 34 heavy (non-hydrogen) atoms. The molecule has 0 atom stereocenters. The van der Waals surface area contributed by atoms with Gasteiger partial charge in [0, 0.05) is 11.1 Å². The summed E-state index contributed by atoms with van der Waals surface area (Å²) in [6.45, 7) is -0.111. The summed E-state index contributed by atoms with van der Waals surface area (Å²) in [6.07, 6.45) is 1.32. The van der Waals surface area contributed by atoms with Gasteiger partial charge in [-0.2, -0.15) is 10.4 Å². The number of hydrazone groups is 1. The Hall–Kier alpha value is -4.84. The molecule has 4 aromatic rings. The highest BCUT2D eigenvalue weighted by Crippen LogP contribution is 2.21. The lowest BCUT2D eigenvalue weighted by molar-refractivity contribution is 0.285. The number of aromatic nitrogens is 2. The van der Waals surface area contributed by atoms with Crippen LogP contribution in [0.4, 0.5) is 14.7 Å². The van der Waals surface area contributed by atoms with E-state index in [1.807, 2.05) is 12.1 Å². The van der Waals surface area contributed by atoms with Crippen molar-refractivity contribution in [1.29, 1.82) is 5.26 Å². The van der Waals surface area contributed by atoms with E-state index in [1.165, 1.54) is 24.4 Å². The standard InChI is InChI=1S/C25H17F2N5O2/c26-20-9-5-4-8-18(20)15-34-22-11-10-16(12-21(22)27)14-29-32-25-30-23(17-6-2-1-3-7-17)19(13-28)24(33)31-25/h1-12,14H,15H2,(H2,30,31,32,33). The van der Waals surface area contributed by atoms with Crippen LogP contribution in [0.5, 0.6) is 5.75 Å². The van der Waals surface area contributed by atoms with Gasteiger partial charge in [0.1, 0.15) is 24.1 Å². The second-order valence-electron chi connectivity index (χ2n) is 7.06. The fourth-order valence-corrected chi connectivity index (χ4v) is 3.09. The van der Waals surface area contributed by atoms with E-state index in [9.17, 15) is 18.8 Å². The first-order chi connectivity index (χ1) is 16.5. The average molecular weight is 457 g/mol. The van der Waals surface area contributed by atoms with E-state index in [-0.39, 0.29) is 29.6 Å². The number of benzene rings is 3. The van der Waals surface area contributed by atoms with Gasteiger partial charge in [-0.15, -0.1) is 0 Å². The van der Waals surface area contributed by atoms with Crippen LogP contribution in [-0.4, -0.2) is 16.2 Å². The number of halogens is 2. The number of nitrogens with one attached hydrogen (secondary N) is 2. The van der Waals surface area contributed by atoms with Crippen LogP contribution in [0.2, 0.25) is 0 Å². The number of nitrogens with zero attached hydrogens (tertiary/aromatic N) is 3. The van der Waals surface area contributed by atoms with Gasteiger partial charge < -0.3 is 4.74 Å². The molecule has 0 aliphatic carbocycles. The van der Waals surface area contributed by atoms with Crippen LogP contribution in [0, 0.1) is 23.0 Å². The van der Waals surface area contributed by atoms with Crippen molar-refractivity contribution in [2.45, 2.75) is 6.61 Å². The van der Waals surface area contributed by atoms with E-state index in [0.717, 1.165) is 0 Å². The van der Waals surface area contributed by atoms with E-state index in [4.69, 9.17) is 4.74 Å². The third-order valence-corrected chi connectivity index (χ3v) is 4.76. The zero-order chi connectivity index (χ0) is 23.9. The minimum Gasteiger partial charge on any atom is -0.486 e. The van der Waals surface area contributed by atoms with Gasteiger partial charge in [0.15, 0.2) is 11.6 Å². The van der Waals surface area contributed by atoms with E-state index >= 15 is 0 Å². The smallest absolute Gasteiger partial charge is 0.270 e. The van der Waals surface area contributed by atoms with E-state index in [2.05, 4.69) is 20.5 Å². The van der Waals surface area contributed by atoms with Crippen molar-refractivity contribution in [2.24, 2.45) is 5.10 Å². The first kappa shape index (κ1) is 22.4. The maximum absolute atomic E-state index is 14.4. The lowest BCUT2D eigenvalue weighted by atomic mass is 10.1. The Morgan fingerprint density at radius 1 is 1.06 bits per heavy atom. The minimum absolute atomic E-state index is 0.0180. The number of hydrogen-bond donors (Lipinski definition) is 2. The largest absolute Gasteiger partial charge is 0.486 e. The summed E-state index contributed by atoms with van der Waals surface area (Å²) >= 11 is 0. The second kappa shape index (κ2) is 10.2. The maximum atomic E-state index is 14.4. The number of anilines is 1. The predicted octanol–water partition coefficient (Wildman–Crippen LogP) is 4.61. The molecule has 0 radical (unpaired) electrons. The molecule has 4 rings (SSSR count). The quantitative estimate of drug-likeness (QED) is 0.312. The molecule has 9 heteroatoms. The molecule has 7 nitrogen and oxygen atoms in total. The van der Waals surface area contributed by atoms with Crippen molar-refractivity contribution in [3.8, 4) is 23.1 Å². The summed E-state index contributed by atoms with van der Waals surface area (Å²) in [5.41, 5.74) is 3.39. The van der Waals surface area contributed by atoms with Crippen LogP contribution in [0.15, 0.2) is 82.7 Å². The van der Waals surface area contributed by atoms with E-state index < -0.39 is 17.2 Å². The summed E-state index contributed by atoms with van der Waals surface area (Å²) in [4.78, 5) is 19.0. The van der Waals surface area contributed by atoms with Crippen LogP contribution in [0.3, 0.4) is 0 Å². The monoisotopic (exact) mass is 457 g/mol. The molecule has 0 bridgehead atoms. The molecule has 1 aromatic heterocycles. The van der Waals surface area contributed by atoms with Crippen LogP contribution in [-0.2, 0) is 6.61 Å². The normalized spacial score (nSPS) is 10.7. The second-order valence-corrected chi connectivity index (χ2v) is 7.06. The zero-order valence-electron chi connectivity index (χ0n) is 17.6. The first-order valence-corrected chi connectivity index (χ1v) is 10.1. The third-order valence-electron chi connectivity index (χ3n) is 4.76. The summed E-state index contributed by atoms with van der Waals surface area (Å²) in [6, 6.07) is 20.9. The van der Waals surface area contributed by atoms with Crippen molar-refractivity contribution in [1.82, 2.24) is 9.97 Å². The summed E-state index contributed by atoms with van der Waals surface area (Å²) in [5, 5.41) is 13.3. The highest BCUT2D eigenvalue weighted by atomic mass is 19.1. The summed E-state index contributed by atoms with van der Waals surface area (Å²) in [5.74, 6) is -1.08. The fraction of sp³-hybridized carbons (Fsp3) is 0.0400. The lowest BCUT2D eigenvalue weighted by Crippen LogP contribution is -2.16. The van der Waals surface area contributed by atoms with Crippen LogP contribution < -0.4 is 15.7 Å². The summed E-state index contributed by atoms with van der Waals surface area (Å²) in [7, 11) is 0. The van der Waals surface area contributed by atoms with Gasteiger partial charge in [0.2, 0.25) is 5.95 Å². The van der Waals surface area contributed by atoms with Crippen LogP contribution >= 0.6 is 0 Å². The Labute approximate surface area is 193 Å². The van der Waals surface area contributed by atoms with Gasteiger partial charge in [0.25, 0.3) is 5.56 Å². The number of ether oxygens (including phenoxy) is 1. The molecule has 0 amide bonds. The molecule has 0 saturated heterocycles. The van der Waals surface area contributed by atoms with Crippen molar-refractivity contribution < 1.29 is 13.5 Å². The Balaban J connectivity index is 1.47. The molecular formula is C25H17F2N5O2. The molecule has 0 aliphatic rings. The van der Waals surface area contributed by atoms with Gasteiger partial charge in [-0.25, -0.2) is 19.2 Å². The van der Waals surface area contributed by atoms with Crippen molar-refractivity contribution in [3.05, 3.63) is 111 Å². The van der Waals surface area contributed by atoms with Crippen molar-refractivity contribution in [3.63, 3.8) is 0 Å². The summed E-state index contributed by atoms with van der Waals surface area (Å²) < 4.78 is 33.4. The van der Waals surface area contributed by atoms with Gasteiger partial charge in [0.05, 0.1) is 11.9 Å². The number of rotatable bonds is 7. The van der Waals surface area contributed by atoms with Crippen molar-refractivity contribution in [2.75, 3.05) is 5.43 Å². The molecule has 0 spiro atoms. The predicted molar refractivity (Wildman–Crippen MR) is 123 cm³/mol. The van der Waals surface area contributed by atoms with Crippen LogP contribution in [0.25, 0.3) is 11.3 Å². The number of aromatic amines is 1. The van der Waals surface area contributed by atoms with Gasteiger partial charge in [-0.05, 0) is 29.8 Å². The lowest BCUT2D eigenvalue weighted by Gasteiger charge is -2.08. The maximum Gasteiger partial charge on any atom is 0.270 e. The topological polar surface area (TPSA) is 103 Å². The molecule has 3 aromatic carbocycles. The third kappa shape index (κ3) is 5.14. The zero-order valence-corrected chi connectivity index (χ0v) is 17.6. The Morgan fingerprint density at radius 2 is 1.82 bits per heavy atom. The SMILES string of the molecule is N#Cc1c(-c2ccccc2)nc(NN=Cc2ccc(OCc3ccccc3F)c(F)c2)[nH]c1=O. The first-order valence-electron chi connectivity index (χ1n) is 10.1. The number of H-pyrrole nitrogens is 1. The highest BCUT2D eigenvalue weighted by Gasteiger charge is 2.13. The molecule has 0 fully saturated rings. The van der Waals surface area contributed by atoms with E-state index in [1.54, 1.807) is 48.5 Å². The van der Waals surface area contributed by atoms with Crippen molar-refractivity contribution >= 4 is 12.2 Å². The minimum atomic E-state index is -0.642. The van der Waals surface area contributed by atoms with Crippen LogP contribution in [0.1, 0.15) is 16.7 Å². The molecule has 168 valence electrons. The Morgan fingerprint density at radius 3 is 2.56 bits per heavy atom. The molecule has 1 heterocycles. The fourth-order valence-electron chi connectivity index (χ4n) is 3.09. The molecule has 2 N–H and O–H groups in total. The van der Waals surface area contributed by atoms with E-state index in [0.29, 0.717) is 16.7 Å². The highest BCUT2D eigenvalue weighted by molar-refractivity contribution is 5.80. The van der Waals surface area contributed by atoms with Gasteiger partial charge in [-0.1, -0.05) is 48.5 Å². The Bertz CT molecular complexity index is 1450. The van der Waals surface area contributed by atoms with Gasteiger partial charge in [-0.3, -0.25) is 9.78 Å². The molecular weight excluding hydrogens is 440 g/mol. The van der Waals surface area contributed by atoms with Gasteiger partial charge >= 0.3 is 0 Å². The average Bonchev–Trinajstić information content (AvgIpc) is 2.84. The number of nitriles is 1. The molecule has 0 aliphatic heterocycles. The molecule has 0 unspecified atom stereocenters. The molecule has 0 saturated carbocycles. The number of hydrogen-bond acceptors (Lipinski definition) is 6.